The Hall–Kier alpha value is -2.22. The third-order valence-corrected chi connectivity index (χ3v) is 5.57. The number of methoxy groups -OCH3 is 1. The van der Waals surface area contributed by atoms with Gasteiger partial charge in [0.25, 0.3) is 0 Å². The Morgan fingerprint density at radius 1 is 1.38 bits per heavy atom. The molecule has 4 rings (SSSR count). The fourth-order valence-electron chi connectivity index (χ4n) is 3.20. The van der Waals surface area contributed by atoms with Gasteiger partial charge >= 0.3 is 0 Å². The molecule has 0 spiro atoms. The van der Waals surface area contributed by atoms with Gasteiger partial charge in [-0.15, -0.1) is 0 Å². The number of hydrogen-bond donors (Lipinski definition) is 1. The number of halogens is 1. The lowest BCUT2D eigenvalue weighted by Gasteiger charge is -2.14. The molecule has 3 aromatic rings. The zero-order valence-electron chi connectivity index (χ0n) is 14.4. The van der Waals surface area contributed by atoms with Crippen LogP contribution in [0.15, 0.2) is 24.3 Å². The van der Waals surface area contributed by atoms with Gasteiger partial charge in [0.05, 0.1) is 39.3 Å². The predicted molar refractivity (Wildman–Crippen MR) is 102 cm³/mol. The number of hydrogen-bond acceptors (Lipinski definition) is 5. The first-order chi connectivity index (χ1) is 12.6. The largest absolute Gasteiger partial charge is 0.378 e. The van der Waals surface area contributed by atoms with Gasteiger partial charge < -0.3 is 10.1 Å². The van der Waals surface area contributed by atoms with E-state index in [2.05, 4.69) is 10.3 Å². The summed E-state index contributed by atoms with van der Waals surface area (Å²) in [6.07, 6.45) is 1.64. The van der Waals surface area contributed by atoms with Gasteiger partial charge in [0.1, 0.15) is 0 Å². The van der Waals surface area contributed by atoms with E-state index in [0.29, 0.717) is 16.8 Å². The van der Waals surface area contributed by atoms with Crippen LogP contribution in [-0.2, 0) is 29.0 Å². The number of thiazole rings is 1. The topological polar surface area (TPSA) is 69.0 Å². The van der Waals surface area contributed by atoms with Gasteiger partial charge in [-0.2, -0.15) is 5.10 Å². The Bertz CT molecular complexity index is 995. The van der Waals surface area contributed by atoms with Crippen LogP contribution in [0.2, 0.25) is 5.02 Å². The van der Waals surface area contributed by atoms with Gasteiger partial charge in [-0.1, -0.05) is 35.1 Å². The van der Waals surface area contributed by atoms with E-state index in [1.165, 1.54) is 18.3 Å². The smallest absolute Gasteiger partial charge is 0.223 e. The number of ether oxygens (including phenoxy) is 1. The Labute approximate surface area is 159 Å². The summed E-state index contributed by atoms with van der Waals surface area (Å²) >= 11 is 7.89. The SMILES string of the molecule is COCc1nn(-c2ccccc2Cl)c2c1CCc1nc(NC(C)=O)sc1-2. The first-order valence-electron chi connectivity index (χ1n) is 8.20. The highest BCUT2D eigenvalue weighted by Crippen LogP contribution is 2.42. The molecule has 0 fully saturated rings. The first-order valence-corrected chi connectivity index (χ1v) is 9.40. The van der Waals surface area contributed by atoms with Crippen molar-refractivity contribution in [3.05, 3.63) is 46.2 Å². The zero-order chi connectivity index (χ0) is 18.3. The number of fused-ring (bicyclic) bond motifs is 3. The highest BCUT2D eigenvalue weighted by atomic mass is 35.5. The maximum absolute atomic E-state index is 11.4. The molecule has 6 nitrogen and oxygen atoms in total. The van der Waals surface area contributed by atoms with Crippen molar-refractivity contribution in [2.24, 2.45) is 0 Å². The Morgan fingerprint density at radius 2 is 2.19 bits per heavy atom. The molecule has 1 amide bonds. The van der Waals surface area contributed by atoms with E-state index in [9.17, 15) is 4.79 Å². The van der Waals surface area contributed by atoms with Gasteiger partial charge in [0.15, 0.2) is 5.13 Å². The van der Waals surface area contributed by atoms with E-state index in [-0.39, 0.29) is 5.91 Å². The molecule has 1 aliphatic rings. The fraction of sp³-hybridized carbons (Fsp3) is 0.278. The summed E-state index contributed by atoms with van der Waals surface area (Å²) in [4.78, 5) is 17.0. The average molecular weight is 389 g/mol. The van der Waals surface area contributed by atoms with Crippen molar-refractivity contribution in [1.82, 2.24) is 14.8 Å². The van der Waals surface area contributed by atoms with Crippen LogP contribution >= 0.6 is 22.9 Å². The van der Waals surface area contributed by atoms with E-state index >= 15 is 0 Å². The molecule has 0 saturated carbocycles. The molecule has 134 valence electrons. The maximum atomic E-state index is 11.4. The highest BCUT2D eigenvalue weighted by Gasteiger charge is 2.29. The summed E-state index contributed by atoms with van der Waals surface area (Å²) < 4.78 is 7.22. The van der Waals surface area contributed by atoms with Crippen molar-refractivity contribution >= 4 is 34.0 Å². The van der Waals surface area contributed by atoms with Crippen LogP contribution in [0.1, 0.15) is 23.9 Å². The van der Waals surface area contributed by atoms with Crippen molar-refractivity contribution in [2.45, 2.75) is 26.4 Å². The number of para-hydroxylation sites is 1. The minimum absolute atomic E-state index is 0.129. The first kappa shape index (κ1) is 17.2. The van der Waals surface area contributed by atoms with Gasteiger partial charge in [-0.25, -0.2) is 9.67 Å². The van der Waals surface area contributed by atoms with Crippen LogP contribution in [0, 0.1) is 0 Å². The van der Waals surface area contributed by atoms with Gasteiger partial charge in [0.2, 0.25) is 5.91 Å². The molecule has 26 heavy (non-hydrogen) atoms. The molecule has 1 aliphatic carbocycles. The highest BCUT2D eigenvalue weighted by molar-refractivity contribution is 7.19. The molecule has 0 atom stereocenters. The summed E-state index contributed by atoms with van der Waals surface area (Å²) in [5.74, 6) is -0.129. The predicted octanol–water partition coefficient (Wildman–Crippen LogP) is 3.85. The van der Waals surface area contributed by atoms with Crippen LogP contribution in [0.3, 0.4) is 0 Å². The number of amides is 1. The Kier molecular flexibility index (Phi) is 4.52. The second-order valence-corrected chi connectivity index (χ2v) is 7.45. The molecule has 0 unspecified atom stereocenters. The second kappa shape index (κ2) is 6.83. The molecule has 0 radical (unpaired) electrons. The van der Waals surface area contributed by atoms with Crippen molar-refractivity contribution in [3.8, 4) is 16.3 Å². The second-order valence-electron chi connectivity index (χ2n) is 6.05. The number of benzene rings is 1. The summed E-state index contributed by atoms with van der Waals surface area (Å²) in [7, 11) is 1.66. The van der Waals surface area contributed by atoms with E-state index in [4.69, 9.17) is 21.4 Å². The fourth-order valence-corrected chi connectivity index (χ4v) is 4.53. The van der Waals surface area contributed by atoms with Crippen LogP contribution in [0.4, 0.5) is 5.13 Å². The minimum atomic E-state index is -0.129. The molecule has 2 aromatic heterocycles. The summed E-state index contributed by atoms with van der Waals surface area (Å²) in [5, 5.41) is 8.80. The summed E-state index contributed by atoms with van der Waals surface area (Å²) in [5.41, 5.74) is 4.83. The minimum Gasteiger partial charge on any atom is -0.378 e. The molecule has 2 heterocycles. The normalized spacial score (nSPS) is 12.6. The van der Waals surface area contributed by atoms with E-state index < -0.39 is 0 Å². The summed E-state index contributed by atoms with van der Waals surface area (Å²) in [6.45, 7) is 1.92. The van der Waals surface area contributed by atoms with Crippen molar-refractivity contribution in [2.75, 3.05) is 12.4 Å². The average Bonchev–Trinajstić information content (AvgIpc) is 3.16. The number of carbonyl (C=O) groups excluding carboxylic acids is 1. The van der Waals surface area contributed by atoms with Crippen LogP contribution < -0.4 is 5.32 Å². The van der Waals surface area contributed by atoms with Gasteiger partial charge in [-0.05, 0) is 25.0 Å². The molecule has 1 N–H and O–H groups in total. The molecule has 8 heteroatoms. The lowest BCUT2D eigenvalue weighted by molar-refractivity contribution is -0.114. The van der Waals surface area contributed by atoms with Gasteiger partial charge in [-0.3, -0.25) is 4.79 Å². The number of nitrogens with one attached hydrogen (secondary N) is 1. The summed E-state index contributed by atoms with van der Waals surface area (Å²) in [6, 6.07) is 7.62. The zero-order valence-corrected chi connectivity index (χ0v) is 15.9. The molecular weight excluding hydrogens is 372 g/mol. The molecule has 0 saturated heterocycles. The number of carbonyl (C=O) groups is 1. The Morgan fingerprint density at radius 3 is 2.92 bits per heavy atom. The van der Waals surface area contributed by atoms with E-state index in [0.717, 1.165) is 46.1 Å². The van der Waals surface area contributed by atoms with Crippen LogP contribution in [0.25, 0.3) is 16.3 Å². The maximum Gasteiger partial charge on any atom is 0.223 e. The molecular formula is C18H17ClN4O2S. The lowest BCUT2D eigenvalue weighted by atomic mass is 9.97. The molecule has 0 aliphatic heterocycles. The van der Waals surface area contributed by atoms with E-state index in [1.807, 2.05) is 28.9 Å². The Balaban J connectivity index is 1.92. The van der Waals surface area contributed by atoms with E-state index in [1.54, 1.807) is 7.11 Å². The lowest BCUT2D eigenvalue weighted by Crippen LogP contribution is -2.07. The van der Waals surface area contributed by atoms with Crippen LogP contribution in [-0.4, -0.2) is 27.8 Å². The number of nitrogens with zero attached hydrogens (tertiary/aromatic N) is 3. The van der Waals surface area contributed by atoms with Crippen LogP contribution in [0.5, 0.6) is 0 Å². The van der Waals surface area contributed by atoms with Crippen molar-refractivity contribution in [3.63, 3.8) is 0 Å². The number of rotatable bonds is 4. The third-order valence-electron chi connectivity index (χ3n) is 4.24. The van der Waals surface area contributed by atoms with Crippen molar-refractivity contribution < 1.29 is 9.53 Å². The van der Waals surface area contributed by atoms with Gasteiger partial charge in [0, 0.05) is 19.6 Å². The number of aromatic nitrogens is 3. The molecule has 0 bridgehead atoms. The number of anilines is 1. The number of aryl methyl sites for hydroxylation is 1. The monoisotopic (exact) mass is 388 g/mol. The third kappa shape index (κ3) is 2.92. The molecule has 1 aromatic carbocycles. The standard InChI is InChI=1S/C18H17ClN4O2S/c1-10(24)20-18-21-13-8-7-11-14(9-25-2)22-23(16(11)17(13)26-18)15-6-4-3-5-12(15)19/h3-6H,7-9H2,1-2H3,(H,20,21,24). The quantitative estimate of drug-likeness (QED) is 0.737. The van der Waals surface area contributed by atoms with Crippen molar-refractivity contribution in [1.29, 1.82) is 0 Å².